The first-order chi connectivity index (χ1) is 6.34. The number of hydrogen-bond acceptors (Lipinski definition) is 4. The van der Waals surface area contributed by atoms with Gasteiger partial charge in [-0.25, -0.2) is 0 Å². The molecule has 1 aromatic rings. The number of ether oxygens (including phenoxy) is 1. The maximum Gasteiger partial charge on any atom is 0.417 e. The molecule has 0 spiro atoms. The molecule has 0 bridgehead atoms. The topological polar surface area (TPSA) is 48.2 Å². The van der Waals surface area contributed by atoms with Crippen LogP contribution in [0.2, 0.25) is 0 Å². The number of aromatic nitrogens is 2. The fraction of sp³-hybridized carbons (Fsp3) is 0.778. The molecule has 1 aliphatic rings. The molecule has 0 atom stereocenters. The maximum atomic E-state index is 5.37. The molecule has 0 aliphatic heterocycles. The molecule has 1 aliphatic carbocycles. The standard InChI is InChI=1S/C9H14N2O2/c1-7-10-9(13-11-7)12-6-8-4-2-3-5-8/h8H,2-6H2,1H3. The summed E-state index contributed by atoms with van der Waals surface area (Å²) in [5, 5.41) is 3.65. The Kier molecular flexibility index (Phi) is 2.47. The van der Waals surface area contributed by atoms with Gasteiger partial charge in [0.15, 0.2) is 5.82 Å². The van der Waals surface area contributed by atoms with Crippen molar-refractivity contribution in [1.29, 1.82) is 0 Å². The van der Waals surface area contributed by atoms with Gasteiger partial charge in [-0.05, 0) is 25.7 Å². The van der Waals surface area contributed by atoms with Gasteiger partial charge in [-0.2, -0.15) is 4.98 Å². The predicted octanol–water partition coefficient (Wildman–Crippen LogP) is 1.95. The second kappa shape index (κ2) is 3.77. The van der Waals surface area contributed by atoms with Crippen molar-refractivity contribution in [2.75, 3.05) is 6.61 Å². The summed E-state index contributed by atoms with van der Waals surface area (Å²) in [4.78, 5) is 3.97. The van der Waals surface area contributed by atoms with Crippen molar-refractivity contribution in [1.82, 2.24) is 10.1 Å². The highest BCUT2D eigenvalue weighted by atomic mass is 16.6. The van der Waals surface area contributed by atoms with Gasteiger partial charge in [-0.3, -0.25) is 4.52 Å². The Labute approximate surface area is 77.3 Å². The molecule has 0 radical (unpaired) electrons. The quantitative estimate of drug-likeness (QED) is 0.716. The molecule has 0 N–H and O–H groups in total. The van der Waals surface area contributed by atoms with Crippen molar-refractivity contribution < 1.29 is 9.26 Å². The second-order valence-electron chi connectivity index (χ2n) is 3.57. The molecule has 1 fully saturated rings. The van der Waals surface area contributed by atoms with Gasteiger partial charge in [0.1, 0.15) is 0 Å². The van der Waals surface area contributed by atoms with Gasteiger partial charge in [0.25, 0.3) is 0 Å². The van der Waals surface area contributed by atoms with E-state index in [0.29, 0.717) is 17.8 Å². The van der Waals surface area contributed by atoms with Crippen LogP contribution in [0.3, 0.4) is 0 Å². The largest absolute Gasteiger partial charge is 0.449 e. The smallest absolute Gasteiger partial charge is 0.417 e. The van der Waals surface area contributed by atoms with Crippen LogP contribution in [0.5, 0.6) is 6.08 Å². The Morgan fingerprint density at radius 3 is 2.85 bits per heavy atom. The fourth-order valence-corrected chi connectivity index (χ4v) is 1.70. The first-order valence-electron chi connectivity index (χ1n) is 4.78. The van der Waals surface area contributed by atoms with E-state index in [9.17, 15) is 0 Å². The Morgan fingerprint density at radius 1 is 1.46 bits per heavy atom. The van der Waals surface area contributed by atoms with Crippen LogP contribution in [-0.4, -0.2) is 16.7 Å². The summed E-state index contributed by atoms with van der Waals surface area (Å²) < 4.78 is 10.2. The average molecular weight is 182 g/mol. The highest BCUT2D eigenvalue weighted by Crippen LogP contribution is 2.25. The van der Waals surface area contributed by atoms with Gasteiger partial charge in [0, 0.05) is 0 Å². The minimum Gasteiger partial charge on any atom is -0.449 e. The van der Waals surface area contributed by atoms with Crippen LogP contribution in [0.1, 0.15) is 31.5 Å². The van der Waals surface area contributed by atoms with Crippen molar-refractivity contribution in [3.05, 3.63) is 5.82 Å². The highest BCUT2D eigenvalue weighted by Gasteiger charge is 2.16. The Balaban J connectivity index is 1.78. The molecule has 1 saturated carbocycles. The first-order valence-corrected chi connectivity index (χ1v) is 4.78. The number of nitrogens with zero attached hydrogens (tertiary/aromatic N) is 2. The molecule has 72 valence electrons. The molecule has 4 heteroatoms. The van der Waals surface area contributed by atoms with Crippen LogP contribution in [0.4, 0.5) is 0 Å². The predicted molar refractivity (Wildman–Crippen MR) is 46.5 cm³/mol. The lowest BCUT2D eigenvalue weighted by Gasteiger charge is -2.06. The summed E-state index contributed by atoms with van der Waals surface area (Å²) >= 11 is 0. The van der Waals surface area contributed by atoms with E-state index < -0.39 is 0 Å². The summed E-state index contributed by atoms with van der Waals surface area (Å²) in [5.74, 6) is 1.31. The summed E-state index contributed by atoms with van der Waals surface area (Å²) in [6, 6.07) is 0. The van der Waals surface area contributed by atoms with Gasteiger partial charge in [0.05, 0.1) is 6.61 Å². The van der Waals surface area contributed by atoms with Crippen LogP contribution in [0, 0.1) is 12.8 Å². The van der Waals surface area contributed by atoms with Crippen molar-refractivity contribution in [3.8, 4) is 6.08 Å². The van der Waals surface area contributed by atoms with E-state index in [2.05, 4.69) is 10.1 Å². The third-order valence-electron chi connectivity index (χ3n) is 2.43. The van der Waals surface area contributed by atoms with E-state index in [1.807, 2.05) is 0 Å². The third-order valence-corrected chi connectivity index (χ3v) is 2.43. The van der Waals surface area contributed by atoms with E-state index in [-0.39, 0.29) is 0 Å². The molecular formula is C9H14N2O2. The summed E-state index contributed by atoms with van der Waals surface area (Å²) in [6.07, 6.45) is 5.51. The number of rotatable bonds is 3. The summed E-state index contributed by atoms with van der Waals surface area (Å²) in [5.41, 5.74) is 0. The Bertz CT molecular complexity index is 266. The normalized spacial score (nSPS) is 17.9. The van der Waals surface area contributed by atoms with Crippen LogP contribution in [-0.2, 0) is 0 Å². The van der Waals surface area contributed by atoms with Crippen molar-refractivity contribution in [2.45, 2.75) is 32.6 Å². The van der Waals surface area contributed by atoms with Crippen LogP contribution in [0.25, 0.3) is 0 Å². The molecule has 0 aromatic carbocycles. The van der Waals surface area contributed by atoms with Crippen molar-refractivity contribution >= 4 is 0 Å². The zero-order valence-corrected chi connectivity index (χ0v) is 7.82. The molecule has 1 heterocycles. The van der Waals surface area contributed by atoms with Gasteiger partial charge < -0.3 is 4.74 Å². The first kappa shape index (κ1) is 8.53. The zero-order valence-electron chi connectivity index (χ0n) is 7.82. The molecular weight excluding hydrogens is 168 g/mol. The number of aryl methyl sites for hydroxylation is 1. The van der Waals surface area contributed by atoms with E-state index >= 15 is 0 Å². The van der Waals surface area contributed by atoms with Crippen LogP contribution >= 0.6 is 0 Å². The fourth-order valence-electron chi connectivity index (χ4n) is 1.70. The van der Waals surface area contributed by atoms with Crippen LogP contribution in [0.15, 0.2) is 4.52 Å². The van der Waals surface area contributed by atoms with Gasteiger partial charge in [-0.15, -0.1) is 0 Å². The molecule has 13 heavy (non-hydrogen) atoms. The molecule has 4 nitrogen and oxygen atoms in total. The lowest BCUT2D eigenvalue weighted by molar-refractivity contribution is 0.172. The summed E-state index contributed by atoms with van der Waals surface area (Å²) in [6.45, 7) is 2.51. The molecule has 0 saturated heterocycles. The van der Waals surface area contributed by atoms with E-state index in [1.165, 1.54) is 25.7 Å². The Hall–Kier alpha value is -1.06. The Morgan fingerprint density at radius 2 is 2.23 bits per heavy atom. The SMILES string of the molecule is Cc1noc(OCC2CCCC2)n1. The van der Waals surface area contributed by atoms with E-state index in [0.717, 1.165) is 6.61 Å². The van der Waals surface area contributed by atoms with Gasteiger partial charge >= 0.3 is 6.08 Å². The van der Waals surface area contributed by atoms with Crippen molar-refractivity contribution in [2.24, 2.45) is 5.92 Å². The molecule has 0 unspecified atom stereocenters. The zero-order chi connectivity index (χ0) is 9.10. The molecule has 1 aromatic heterocycles. The minimum absolute atomic E-state index is 0.310. The van der Waals surface area contributed by atoms with E-state index in [1.54, 1.807) is 6.92 Å². The maximum absolute atomic E-state index is 5.37. The lowest BCUT2D eigenvalue weighted by atomic mass is 10.1. The van der Waals surface area contributed by atoms with Gasteiger partial charge in [0.2, 0.25) is 0 Å². The highest BCUT2D eigenvalue weighted by molar-refractivity contribution is 4.87. The second-order valence-corrected chi connectivity index (χ2v) is 3.57. The minimum atomic E-state index is 0.310. The molecule has 0 amide bonds. The van der Waals surface area contributed by atoms with Crippen LogP contribution < -0.4 is 4.74 Å². The summed E-state index contributed by atoms with van der Waals surface area (Å²) in [7, 11) is 0. The monoisotopic (exact) mass is 182 g/mol. The third kappa shape index (κ3) is 2.20. The lowest BCUT2D eigenvalue weighted by Crippen LogP contribution is -2.08. The van der Waals surface area contributed by atoms with Crippen molar-refractivity contribution in [3.63, 3.8) is 0 Å². The van der Waals surface area contributed by atoms with Gasteiger partial charge in [-0.1, -0.05) is 18.0 Å². The average Bonchev–Trinajstić information content (AvgIpc) is 2.71. The molecule has 2 rings (SSSR count). The number of hydrogen-bond donors (Lipinski definition) is 0. The van der Waals surface area contributed by atoms with E-state index in [4.69, 9.17) is 9.26 Å².